The minimum absolute atomic E-state index is 0.0466. The molecule has 2 atom stereocenters. The second-order valence-corrected chi connectivity index (χ2v) is 10.8. The molecule has 2 fully saturated rings. The van der Waals surface area contributed by atoms with Gasteiger partial charge in [0.1, 0.15) is 0 Å². The molecule has 2 unspecified atom stereocenters. The van der Waals surface area contributed by atoms with Gasteiger partial charge in [0.05, 0.1) is 6.42 Å². The van der Waals surface area contributed by atoms with E-state index in [0.29, 0.717) is 17.6 Å². The zero-order valence-electron chi connectivity index (χ0n) is 19.5. The Kier molecular flexibility index (Phi) is 6.20. The van der Waals surface area contributed by atoms with E-state index in [1.165, 1.54) is 11.1 Å². The molecule has 2 heterocycles. The first-order valence-corrected chi connectivity index (χ1v) is 12.9. The Bertz CT molecular complexity index is 1060. The molecule has 33 heavy (non-hydrogen) atoms. The number of thioether (sulfide) groups is 1. The quantitative estimate of drug-likeness (QED) is 0.524. The third-order valence-electron chi connectivity index (χ3n) is 7.47. The van der Waals surface area contributed by atoms with Crippen LogP contribution in [0.2, 0.25) is 0 Å². The van der Waals surface area contributed by atoms with Crippen LogP contribution in [-0.4, -0.2) is 49.0 Å². The second-order valence-electron chi connectivity index (χ2n) is 9.47. The predicted molar refractivity (Wildman–Crippen MR) is 139 cm³/mol. The van der Waals surface area contributed by atoms with Crippen molar-refractivity contribution in [2.75, 3.05) is 37.8 Å². The van der Waals surface area contributed by atoms with E-state index >= 15 is 0 Å². The molecule has 0 aromatic heterocycles. The monoisotopic (exact) mass is 456 g/mol. The van der Waals surface area contributed by atoms with Crippen LogP contribution in [-0.2, 0) is 16.6 Å². The molecule has 0 bridgehead atoms. The van der Waals surface area contributed by atoms with Crippen molar-refractivity contribution >= 4 is 23.4 Å². The molecule has 3 aromatic rings. The first kappa shape index (κ1) is 22.1. The van der Waals surface area contributed by atoms with Crippen molar-refractivity contribution in [1.82, 2.24) is 4.90 Å². The van der Waals surface area contributed by atoms with Gasteiger partial charge in [0.25, 0.3) is 0 Å². The third-order valence-corrected chi connectivity index (χ3v) is 8.82. The lowest BCUT2D eigenvalue weighted by molar-refractivity contribution is -0.129. The van der Waals surface area contributed by atoms with Crippen molar-refractivity contribution in [3.05, 3.63) is 102 Å². The fourth-order valence-corrected chi connectivity index (χ4v) is 7.48. The fraction of sp³-hybridized carbons (Fsp3) is 0.345. The van der Waals surface area contributed by atoms with Gasteiger partial charge in [-0.05, 0) is 34.9 Å². The lowest BCUT2D eigenvalue weighted by atomic mass is 9.63. The molecule has 2 saturated heterocycles. The van der Waals surface area contributed by atoms with E-state index in [9.17, 15) is 4.79 Å². The summed E-state index contributed by atoms with van der Waals surface area (Å²) in [6, 6.07) is 30.3. The topological polar surface area (TPSA) is 23.6 Å². The Morgan fingerprint density at radius 1 is 0.909 bits per heavy atom. The summed E-state index contributed by atoms with van der Waals surface area (Å²) in [5, 5.41) is 0.465. The molecule has 2 aliphatic heterocycles. The van der Waals surface area contributed by atoms with Crippen molar-refractivity contribution in [3.63, 3.8) is 0 Å². The Hall–Kier alpha value is -2.72. The number of benzene rings is 3. The largest absolute Gasteiger partial charge is 0.377 e. The normalized spacial score (nSPS) is 21.5. The minimum Gasteiger partial charge on any atom is -0.377 e. The van der Waals surface area contributed by atoms with Gasteiger partial charge < -0.3 is 9.80 Å². The minimum atomic E-state index is -0.0466. The molecule has 4 heteroatoms. The summed E-state index contributed by atoms with van der Waals surface area (Å²) >= 11 is 2.06. The van der Waals surface area contributed by atoms with Crippen molar-refractivity contribution in [2.24, 2.45) is 5.92 Å². The average molecular weight is 457 g/mol. The summed E-state index contributed by atoms with van der Waals surface area (Å²) in [4.78, 5) is 17.8. The zero-order chi connectivity index (χ0) is 22.8. The van der Waals surface area contributed by atoms with Gasteiger partial charge in [-0.15, -0.1) is 0 Å². The van der Waals surface area contributed by atoms with Crippen LogP contribution in [0.5, 0.6) is 0 Å². The number of rotatable bonds is 5. The standard InChI is InChI=1S/C29H32N2OS/c1-30(2)26-16-10-9-11-22(26)19-28(32)31-20-25-27(21-31)33-18-17-29(25,23-12-5-3-6-13-23)24-14-7-4-8-15-24/h3-16,25,27H,17-21H2,1-2H3. The number of para-hydroxylation sites is 1. The highest BCUT2D eigenvalue weighted by atomic mass is 32.2. The number of carbonyl (C=O) groups excluding carboxylic acids is 1. The van der Waals surface area contributed by atoms with Gasteiger partial charge in [0, 0.05) is 49.5 Å². The summed E-state index contributed by atoms with van der Waals surface area (Å²) < 4.78 is 0. The highest BCUT2D eigenvalue weighted by Gasteiger charge is 2.52. The predicted octanol–water partition coefficient (Wildman–Crippen LogP) is 5.25. The Labute approximate surface area is 201 Å². The summed E-state index contributed by atoms with van der Waals surface area (Å²) in [6.07, 6.45) is 1.57. The summed E-state index contributed by atoms with van der Waals surface area (Å²) in [6.45, 7) is 1.67. The first-order chi connectivity index (χ1) is 16.1. The van der Waals surface area contributed by atoms with Crippen LogP contribution in [0.1, 0.15) is 23.1 Å². The zero-order valence-corrected chi connectivity index (χ0v) is 20.3. The van der Waals surface area contributed by atoms with Crippen molar-refractivity contribution < 1.29 is 4.79 Å². The van der Waals surface area contributed by atoms with Gasteiger partial charge in [0.2, 0.25) is 5.91 Å². The fourth-order valence-electron chi connectivity index (χ4n) is 5.90. The Balaban J connectivity index is 1.46. The molecule has 170 valence electrons. The molecule has 0 radical (unpaired) electrons. The van der Waals surface area contributed by atoms with E-state index < -0.39 is 0 Å². The van der Waals surface area contributed by atoms with Crippen LogP contribution in [0.25, 0.3) is 0 Å². The molecule has 2 aliphatic rings. The number of likely N-dealkylation sites (tertiary alicyclic amines) is 1. The van der Waals surface area contributed by atoms with Gasteiger partial charge in [-0.3, -0.25) is 4.79 Å². The molecule has 0 saturated carbocycles. The maximum Gasteiger partial charge on any atom is 0.227 e. The summed E-state index contributed by atoms with van der Waals surface area (Å²) in [5.74, 6) is 1.78. The SMILES string of the molecule is CN(C)c1ccccc1CC(=O)N1CC2SCCC(c3ccccc3)(c3ccccc3)C2C1. The van der Waals surface area contributed by atoms with Crippen LogP contribution in [0, 0.1) is 5.92 Å². The lowest BCUT2D eigenvalue weighted by Crippen LogP contribution is -2.45. The van der Waals surface area contributed by atoms with E-state index in [-0.39, 0.29) is 11.3 Å². The molecular formula is C29H32N2OS. The van der Waals surface area contributed by atoms with Crippen LogP contribution in [0.15, 0.2) is 84.9 Å². The number of hydrogen-bond acceptors (Lipinski definition) is 3. The number of fused-ring (bicyclic) bond motifs is 1. The van der Waals surface area contributed by atoms with Gasteiger partial charge in [-0.25, -0.2) is 0 Å². The van der Waals surface area contributed by atoms with E-state index in [1.807, 2.05) is 26.2 Å². The molecule has 3 nitrogen and oxygen atoms in total. The second kappa shape index (κ2) is 9.26. The van der Waals surface area contributed by atoms with Crippen LogP contribution < -0.4 is 4.90 Å². The van der Waals surface area contributed by atoms with E-state index in [4.69, 9.17) is 0 Å². The summed E-state index contributed by atoms with van der Waals surface area (Å²) in [7, 11) is 4.08. The van der Waals surface area contributed by atoms with Crippen molar-refractivity contribution in [1.29, 1.82) is 0 Å². The van der Waals surface area contributed by atoms with Crippen LogP contribution in [0.4, 0.5) is 5.69 Å². The molecule has 5 rings (SSSR count). The van der Waals surface area contributed by atoms with Crippen LogP contribution in [0.3, 0.4) is 0 Å². The van der Waals surface area contributed by atoms with Gasteiger partial charge >= 0.3 is 0 Å². The van der Waals surface area contributed by atoms with Gasteiger partial charge in [-0.1, -0.05) is 78.9 Å². The molecule has 0 aliphatic carbocycles. The molecular weight excluding hydrogens is 424 g/mol. The van der Waals surface area contributed by atoms with Crippen LogP contribution >= 0.6 is 11.8 Å². The maximum atomic E-state index is 13.5. The number of anilines is 1. The van der Waals surface area contributed by atoms with E-state index in [0.717, 1.165) is 36.5 Å². The van der Waals surface area contributed by atoms with Gasteiger partial charge in [-0.2, -0.15) is 11.8 Å². The molecule has 0 spiro atoms. The number of nitrogens with zero attached hydrogens (tertiary/aromatic N) is 2. The molecule has 1 amide bonds. The number of hydrogen-bond donors (Lipinski definition) is 0. The average Bonchev–Trinajstić information content (AvgIpc) is 3.30. The summed E-state index contributed by atoms with van der Waals surface area (Å²) in [5.41, 5.74) is 4.96. The van der Waals surface area contributed by atoms with E-state index in [2.05, 4.69) is 94.4 Å². The van der Waals surface area contributed by atoms with E-state index in [1.54, 1.807) is 0 Å². The number of amides is 1. The Morgan fingerprint density at radius 3 is 2.15 bits per heavy atom. The smallest absolute Gasteiger partial charge is 0.227 e. The molecule has 0 N–H and O–H groups in total. The Morgan fingerprint density at radius 2 is 1.52 bits per heavy atom. The number of carbonyl (C=O) groups is 1. The van der Waals surface area contributed by atoms with Crippen molar-refractivity contribution in [3.8, 4) is 0 Å². The molecule has 3 aromatic carbocycles. The highest BCUT2D eigenvalue weighted by Crippen LogP contribution is 2.53. The third kappa shape index (κ3) is 4.06. The maximum absolute atomic E-state index is 13.5. The van der Waals surface area contributed by atoms with Gasteiger partial charge in [0.15, 0.2) is 0 Å². The first-order valence-electron chi connectivity index (χ1n) is 11.9. The highest BCUT2D eigenvalue weighted by molar-refractivity contribution is 8.00. The lowest BCUT2D eigenvalue weighted by Gasteiger charge is -2.46. The van der Waals surface area contributed by atoms with Crippen molar-refractivity contribution in [2.45, 2.75) is 23.5 Å².